The van der Waals surface area contributed by atoms with Crippen molar-refractivity contribution in [2.45, 2.75) is 18.3 Å². The third kappa shape index (κ3) is 5.35. The van der Waals surface area contributed by atoms with Crippen LogP contribution in [0.4, 0.5) is 5.69 Å². The van der Waals surface area contributed by atoms with Gasteiger partial charge in [0.1, 0.15) is 5.75 Å². The van der Waals surface area contributed by atoms with Crippen LogP contribution in [0.1, 0.15) is 11.3 Å². The van der Waals surface area contributed by atoms with Gasteiger partial charge in [0.15, 0.2) is 5.16 Å². The number of anilines is 1. The van der Waals surface area contributed by atoms with Crippen LogP contribution in [0, 0.1) is 0 Å². The molecule has 0 radical (unpaired) electrons. The predicted octanol–water partition coefficient (Wildman–Crippen LogP) is 3.16. The van der Waals surface area contributed by atoms with Gasteiger partial charge in [0.2, 0.25) is 5.91 Å². The second-order valence-corrected chi connectivity index (χ2v) is 6.79. The lowest BCUT2D eigenvalue weighted by atomic mass is 10.2. The van der Waals surface area contributed by atoms with Gasteiger partial charge < -0.3 is 19.7 Å². The number of aromatic nitrogens is 2. The molecule has 0 saturated heterocycles. The number of methoxy groups -OCH3 is 1. The topological polar surface area (TPSA) is 76.4 Å². The number of amides is 1. The first-order valence-electron chi connectivity index (χ1n) is 8.45. The fourth-order valence-corrected chi connectivity index (χ4v) is 3.33. The van der Waals surface area contributed by atoms with Gasteiger partial charge in [0.05, 0.1) is 25.2 Å². The molecule has 0 aliphatic carbocycles. The average Bonchev–Trinajstić information content (AvgIpc) is 3.09. The molecule has 0 atom stereocenters. The largest absolute Gasteiger partial charge is 0.497 e. The van der Waals surface area contributed by atoms with E-state index in [1.807, 2.05) is 65.4 Å². The zero-order valence-corrected chi connectivity index (χ0v) is 15.8. The highest BCUT2D eigenvalue weighted by atomic mass is 32.2. The van der Waals surface area contributed by atoms with Crippen molar-refractivity contribution in [3.63, 3.8) is 0 Å². The molecule has 0 saturated carbocycles. The normalized spacial score (nSPS) is 10.6. The van der Waals surface area contributed by atoms with Crippen LogP contribution in [-0.2, 0) is 17.9 Å². The molecule has 2 aromatic carbocycles. The highest BCUT2D eigenvalue weighted by Gasteiger charge is 2.12. The number of para-hydroxylation sites is 1. The third-order valence-electron chi connectivity index (χ3n) is 3.85. The molecule has 0 fully saturated rings. The number of nitrogens with one attached hydrogen (secondary N) is 1. The Bertz CT molecular complexity index is 879. The van der Waals surface area contributed by atoms with Crippen LogP contribution in [0.3, 0.4) is 0 Å². The monoisotopic (exact) mass is 383 g/mol. The number of hydrogen-bond acceptors (Lipinski definition) is 5. The molecule has 0 aliphatic heterocycles. The molecule has 2 N–H and O–H groups in total. The Labute approximate surface area is 162 Å². The summed E-state index contributed by atoms with van der Waals surface area (Å²) < 4.78 is 7.12. The molecule has 0 unspecified atom stereocenters. The van der Waals surface area contributed by atoms with Gasteiger partial charge >= 0.3 is 0 Å². The molecule has 3 rings (SSSR count). The van der Waals surface area contributed by atoms with Crippen molar-refractivity contribution in [3.05, 3.63) is 72.1 Å². The van der Waals surface area contributed by atoms with Crippen molar-refractivity contribution in [2.24, 2.45) is 0 Å². The van der Waals surface area contributed by atoms with Gasteiger partial charge in [-0.15, -0.1) is 0 Å². The Balaban J connectivity index is 1.65. The summed E-state index contributed by atoms with van der Waals surface area (Å²) >= 11 is 1.34. The lowest BCUT2D eigenvalue weighted by Gasteiger charge is -2.09. The van der Waals surface area contributed by atoms with Crippen LogP contribution in [0.25, 0.3) is 0 Å². The van der Waals surface area contributed by atoms with E-state index < -0.39 is 0 Å². The molecule has 0 aliphatic rings. The van der Waals surface area contributed by atoms with Crippen LogP contribution in [-0.4, -0.2) is 33.4 Å². The number of carbonyl (C=O) groups is 1. The molecule has 3 aromatic rings. The molecular weight excluding hydrogens is 362 g/mol. The third-order valence-corrected chi connectivity index (χ3v) is 4.84. The summed E-state index contributed by atoms with van der Waals surface area (Å²) in [6.07, 6.45) is 1.81. The fraction of sp³-hybridized carbons (Fsp3) is 0.200. The predicted molar refractivity (Wildman–Crippen MR) is 106 cm³/mol. The van der Waals surface area contributed by atoms with Crippen LogP contribution in [0.5, 0.6) is 5.75 Å². The van der Waals surface area contributed by atoms with E-state index in [0.29, 0.717) is 17.4 Å². The summed E-state index contributed by atoms with van der Waals surface area (Å²) in [6.45, 7) is 0.457. The number of benzene rings is 2. The van der Waals surface area contributed by atoms with Gasteiger partial charge in [-0.2, -0.15) is 0 Å². The Morgan fingerprint density at radius 3 is 2.59 bits per heavy atom. The number of rotatable bonds is 8. The Kier molecular flexibility index (Phi) is 6.51. The zero-order chi connectivity index (χ0) is 19.1. The highest BCUT2D eigenvalue weighted by molar-refractivity contribution is 7.99. The van der Waals surface area contributed by atoms with E-state index in [9.17, 15) is 9.90 Å². The molecule has 1 heterocycles. The lowest BCUT2D eigenvalue weighted by Crippen LogP contribution is -2.14. The number of hydrogen-bond donors (Lipinski definition) is 2. The summed E-state index contributed by atoms with van der Waals surface area (Å²) in [5.41, 5.74) is 2.42. The minimum atomic E-state index is -0.139. The summed E-state index contributed by atoms with van der Waals surface area (Å²) in [7, 11) is 1.63. The summed E-state index contributed by atoms with van der Waals surface area (Å²) in [4.78, 5) is 16.6. The van der Waals surface area contributed by atoms with Crippen molar-refractivity contribution in [1.29, 1.82) is 0 Å². The Hall–Kier alpha value is -2.77. The van der Waals surface area contributed by atoms with E-state index in [1.165, 1.54) is 11.8 Å². The SMILES string of the molecule is COc1ccc(Cn2cc(CO)nc2SCC(=O)Nc2ccccc2)cc1. The first-order valence-corrected chi connectivity index (χ1v) is 9.44. The number of imidazole rings is 1. The van der Waals surface area contributed by atoms with E-state index in [2.05, 4.69) is 10.3 Å². The number of carbonyl (C=O) groups excluding carboxylic acids is 1. The first kappa shape index (κ1) is 19.0. The number of thioether (sulfide) groups is 1. The minimum Gasteiger partial charge on any atom is -0.497 e. The minimum absolute atomic E-state index is 0.101. The van der Waals surface area contributed by atoms with Crippen LogP contribution in [0.15, 0.2) is 66.0 Å². The zero-order valence-electron chi connectivity index (χ0n) is 15.0. The van der Waals surface area contributed by atoms with Crippen LogP contribution in [0.2, 0.25) is 0 Å². The van der Waals surface area contributed by atoms with E-state index in [4.69, 9.17) is 4.74 Å². The lowest BCUT2D eigenvalue weighted by molar-refractivity contribution is -0.113. The number of aliphatic hydroxyl groups excluding tert-OH is 1. The maximum atomic E-state index is 12.2. The Morgan fingerprint density at radius 1 is 1.19 bits per heavy atom. The fourth-order valence-electron chi connectivity index (χ4n) is 2.53. The van der Waals surface area contributed by atoms with Gasteiger partial charge in [-0.3, -0.25) is 4.79 Å². The van der Waals surface area contributed by atoms with E-state index in [0.717, 1.165) is 17.0 Å². The van der Waals surface area contributed by atoms with Crippen LogP contribution >= 0.6 is 11.8 Å². The summed E-state index contributed by atoms with van der Waals surface area (Å²) in [6, 6.07) is 17.1. The first-order chi connectivity index (χ1) is 13.2. The van der Waals surface area contributed by atoms with Gasteiger partial charge in [-0.1, -0.05) is 42.1 Å². The maximum absolute atomic E-state index is 12.2. The van der Waals surface area contributed by atoms with Gasteiger partial charge in [0, 0.05) is 18.4 Å². The molecule has 0 bridgehead atoms. The average molecular weight is 383 g/mol. The number of nitrogens with zero attached hydrogens (tertiary/aromatic N) is 2. The summed E-state index contributed by atoms with van der Waals surface area (Å²) in [5, 5.41) is 12.9. The summed E-state index contributed by atoms with van der Waals surface area (Å²) in [5.74, 6) is 0.933. The molecule has 1 amide bonds. The van der Waals surface area contributed by atoms with E-state index in [-0.39, 0.29) is 18.3 Å². The molecule has 0 spiro atoms. The molecule has 7 heteroatoms. The molecule has 1 aromatic heterocycles. The van der Waals surface area contributed by atoms with Crippen molar-refractivity contribution in [3.8, 4) is 5.75 Å². The molecular formula is C20H21N3O3S. The molecule has 27 heavy (non-hydrogen) atoms. The quantitative estimate of drug-likeness (QED) is 0.585. The number of ether oxygens (including phenoxy) is 1. The van der Waals surface area contributed by atoms with Crippen molar-refractivity contribution >= 4 is 23.4 Å². The second kappa shape index (κ2) is 9.25. The highest BCUT2D eigenvalue weighted by Crippen LogP contribution is 2.21. The maximum Gasteiger partial charge on any atom is 0.234 e. The number of aliphatic hydroxyl groups is 1. The standard InChI is InChI=1S/C20H21N3O3S/c1-26-18-9-7-15(8-10-18)11-23-12-17(13-24)22-20(23)27-14-19(25)21-16-5-3-2-4-6-16/h2-10,12,24H,11,13-14H2,1H3,(H,21,25). The van der Waals surface area contributed by atoms with Gasteiger partial charge in [-0.25, -0.2) is 4.98 Å². The smallest absolute Gasteiger partial charge is 0.234 e. The molecule has 6 nitrogen and oxygen atoms in total. The van der Waals surface area contributed by atoms with E-state index in [1.54, 1.807) is 7.11 Å². The van der Waals surface area contributed by atoms with Crippen molar-refractivity contribution in [1.82, 2.24) is 9.55 Å². The Morgan fingerprint density at radius 2 is 1.93 bits per heavy atom. The van der Waals surface area contributed by atoms with Gasteiger partial charge in [0.25, 0.3) is 0 Å². The van der Waals surface area contributed by atoms with Crippen molar-refractivity contribution < 1.29 is 14.6 Å². The van der Waals surface area contributed by atoms with Gasteiger partial charge in [-0.05, 0) is 29.8 Å². The van der Waals surface area contributed by atoms with E-state index >= 15 is 0 Å². The van der Waals surface area contributed by atoms with Crippen molar-refractivity contribution in [2.75, 3.05) is 18.2 Å². The second-order valence-electron chi connectivity index (χ2n) is 5.85. The van der Waals surface area contributed by atoms with Crippen LogP contribution < -0.4 is 10.1 Å². The molecule has 140 valence electrons.